The van der Waals surface area contributed by atoms with Gasteiger partial charge in [-0.15, -0.1) is 0 Å². The Hall–Kier alpha value is -1.07. The van der Waals surface area contributed by atoms with E-state index in [0.29, 0.717) is 31.0 Å². The van der Waals surface area contributed by atoms with Crippen LogP contribution >= 0.6 is 15.9 Å². The third-order valence-corrected chi connectivity index (χ3v) is 3.60. The van der Waals surface area contributed by atoms with E-state index < -0.39 is 0 Å². The van der Waals surface area contributed by atoms with Gasteiger partial charge in [0, 0.05) is 17.6 Å². The third kappa shape index (κ3) is 2.67. The number of hydrogen-bond acceptors (Lipinski definition) is 3. The first-order valence-corrected chi connectivity index (χ1v) is 6.66. The first kappa shape index (κ1) is 13.4. The van der Waals surface area contributed by atoms with E-state index in [1.807, 2.05) is 19.1 Å². The molecule has 1 aromatic rings. The largest absolute Gasteiger partial charge is 0.496 e. The number of methoxy groups -OCH3 is 1. The van der Waals surface area contributed by atoms with Gasteiger partial charge in [-0.2, -0.15) is 0 Å². The molecule has 98 valence electrons. The summed E-state index contributed by atoms with van der Waals surface area (Å²) in [6.07, 6.45) is 0.0798. The highest BCUT2D eigenvalue weighted by atomic mass is 79.9. The Morgan fingerprint density at radius 2 is 2.33 bits per heavy atom. The Kier molecular flexibility index (Phi) is 4.24. The highest BCUT2D eigenvalue weighted by Crippen LogP contribution is 2.28. The monoisotopic (exact) mass is 313 g/mol. The molecule has 0 bridgehead atoms. The molecular formula is C13H16BrNO3. The van der Waals surface area contributed by atoms with Gasteiger partial charge in [-0.3, -0.25) is 4.79 Å². The van der Waals surface area contributed by atoms with Crippen LogP contribution in [0, 0.1) is 0 Å². The van der Waals surface area contributed by atoms with E-state index in [-0.39, 0.29) is 12.0 Å². The number of amides is 1. The quantitative estimate of drug-likeness (QED) is 0.841. The molecule has 18 heavy (non-hydrogen) atoms. The fourth-order valence-corrected chi connectivity index (χ4v) is 2.56. The number of carbonyl (C=O) groups is 1. The van der Waals surface area contributed by atoms with Gasteiger partial charge in [-0.1, -0.05) is 6.07 Å². The Balaban J connectivity index is 2.28. The number of morpholine rings is 1. The number of nitrogens with zero attached hydrogens (tertiary/aromatic N) is 1. The molecular weight excluding hydrogens is 298 g/mol. The van der Waals surface area contributed by atoms with Crippen molar-refractivity contribution in [3.63, 3.8) is 0 Å². The van der Waals surface area contributed by atoms with Gasteiger partial charge in [-0.25, -0.2) is 0 Å². The topological polar surface area (TPSA) is 38.8 Å². The van der Waals surface area contributed by atoms with Gasteiger partial charge >= 0.3 is 0 Å². The lowest BCUT2D eigenvalue weighted by molar-refractivity contribution is -0.0125. The summed E-state index contributed by atoms with van der Waals surface area (Å²) in [5, 5.41) is 0. The van der Waals surface area contributed by atoms with Crippen molar-refractivity contribution < 1.29 is 14.3 Å². The van der Waals surface area contributed by atoms with Crippen LogP contribution in [0.25, 0.3) is 0 Å². The average Bonchev–Trinajstić information content (AvgIpc) is 2.37. The van der Waals surface area contributed by atoms with Crippen molar-refractivity contribution >= 4 is 21.8 Å². The van der Waals surface area contributed by atoms with Gasteiger partial charge in [0.2, 0.25) is 0 Å². The molecule has 1 atom stereocenters. The summed E-state index contributed by atoms with van der Waals surface area (Å²) >= 11 is 3.41. The highest BCUT2D eigenvalue weighted by molar-refractivity contribution is 9.10. The summed E-state index contributed by atoms with van der Waals surface area (Å²) in [4.78, 5) is 14.3. The molecule has 0 spiro atoms. The van der Waals surface area contributed by atoms with E-state index in [4.69, 9.17) is 9.47 Å². The minimum Gasteiger partial charge on any atom is -0.496 e. The van der Waals surface area contributed by atoms with Crippen LogP contribution in [0.15, 0.2) is 22.7 Å². The summed E-state index contributed by atoms with van der Waals surface area (Å²) < 4.78 is 11.5. The van der Waals surface area contributed by atoms with E-state index in [9.17, 15) is 4.79 Å². The molecule has 1 amide bonds. The average molecular weight is 314 g/mol. The van der Waals surface area contributed by atoms with E-state index >= 15 is 0 Å². The Morgan fingerprint density at radius 3 is 3.00 bits per heavy atom. The molecule has 0 saturated carbocycles. The number of carbonyl (C=O) groups excluding carboxylic acids is 1. The molecule has 0 N–H and O–H groups in total. The second kappa shape index (κ2) is 5.71. The van der Waals surface area contributed by atoms with Gasteiger partial charge in [-0.05, 0) is 35.0 Å². The standard InChI is InChI=1S/C13H16BrNO3/c1-9-8-15(6-7-18-9)13(16)12-10(14)4-3-5-11(12)17-2/h3-5,9H,6-8H2,1-2H3. The molecule has 0 aromatic heterocycles. The smallest absolute Gasteiger partial charge is 0.258 e. The Bertz CT molecular complexity index is 450. The van der Waals surface area contributed by atoms with Crippen molar-refractivity contribution in [1.29, 1.82) is 0 Å². The minimum absolute atomic E-state index is 0.0190. The van der Waals surface area contributed by atoms with E-state index in [0.717, 1.165) is 4.47 Å². The summed E-state index contributed by atoms with van der Waals surface area (Å²) in [5.74, 6) is 0.572. The van der Waals surface area contributed by atoms with Crippen LogP contribution in [0.3, 0.4) is 0 Å². The zero-order valence-electron chi connectivity index (χ0n) is 10.5. The number of ether oxygens (including phenoxy) is 2. The van der Waals surface area contributed by atoms with Crippen LogP contribution in [0.4, 0.5) is 0 Å². The van der Waals surface area contributed by atoms with Crippen LogP contribution in [-0.2, 0) is 4.74 Å². The maximum absolute atomic E-state index is 12.5. The molecule has 0 radical (unpaired) electrons. The third-order valence-electron chi connectivity index (χ3n) is 2.94. The fraction of sp³-hybridized carbons (Fsp3) is 0.462. The van der Waals surface area contributed by atoms with Gasteiger partial charge in [0.25, 0.3) is 5.91 Å². The van der Waals surface area contributed by atoms with Crippen LogP contribution in [0.1, 0.15) is 17.3 Å². The molecule has 1 aromatic carbocycles. The Morgan fingerprint density at radius 1 is 1.56 bits per heavy atom. The first-order valence-electron chi connectivity index (χ1n) is 5.87. The first-order chi connectivity index (χ1) is 8.63. The fourth-order valence-electron chi connectivity index (χ4n) is 2.04. The predicted molar refractivity (Wildman–Crippen MR) is 72.0 cm³/mol. The van der Waals surface area contributed by atoms with Crippen LogP contribution < -0.4 is 4.74 Å². The van der Waals surface area contributed by atoms with Gasteiger partial charge < -0.3 is 14.4 Å². The van der Waals surface area contributed by atoms with Crippen molar-refractivity contribution in [2.75, 3.05) is 26.8 Å². The summed E-state index contributed by atoms with van der Waals surface area (Å²) in [5.41, 5.74) is 0.578. The zero-order chi connectivity index (χ0) is 13.1. The van der Waals surface area contributed by atoms with Gasteiger partial charge in [0.05, 0.1) is 25.4 Å². The van der Waals surface area contributed by atoms with E-state index in [1.54, 1.807) is 18.1 Å². The van der Waals surface area contributed by atoms with E-state index in [2.05, 4.69) is 15.9 Å². The highest BCUT2D eigenvalue weighted by Gasteiger charge is 2.26. The van der Waals surface area contributed by atoms with Gasteiger partial charge in [0.1, 0.15) is 5.75 Å². The molecule has 2 rings (SSSR count). The summed E-state index contributed by atoms with van der Waals surface area (Å²) in [7, 11) is 1.57. The zero-order valence-corrected chi connectivity index (χ0v) is 12.1. The van der Waals surface area contributed by atoms with E-state index in [1.165, 1.54) is 0 Å². The summed E-state index contributed by atoms with van der Waals surface area (Å²) in [6.45, 7) is 3.79. The van der Waals surface area contributed by atoms with Crippen molar-refractivity contribution in [3.8, 4) is 5.75 Å². The van der Waals surface area contributed by atoms with Crippen LogP contribution in [-0.4, -0.2) is 43.7 Å². The molecule has 1 aliphatic rings. The number of rotatable bonds is 2. The number of halogens is 1. The van der Waals surface area contributed by atoms with Crippen molar-refractivity contribution in [1.82, 2.24) is 4.90 Å². The molecule has 5 heteroatoms. The maximum atomic E-state index is 12.5. The van der Waals surface area contributed by atoms with Crippen molar-refractivity contribution in [2.45, 2.75) is 13.0 Å². The lowest BCUT2D eigenvalue weighted by Crippen LogP contribution is -2.44. The molecule has 1 saturated heterocycles. The molecule has 1 fully saturated rings. The SMILES string of the molecule is COc1cccc(Br)c1C(=O)N1CCOC(C)C1. The lowest BCUT2D eigenvalue weighted by Gasteiger charge is -2.31. The number of benzene rings is 1. The normalized spacial score (nSPS) is 19.7. The molecule has 0 aliphatic carbocycles. The lowest BCUT2D eigenvalue weighted by atomic mass is 10.1. The molecule has 4 nitrogen and oxygen atoms in total. The number of hydrogen-bond donors (Lipinski definition) is 0. The molecule has 1 unspecified atom stereocenters. The predicted octanol–water partition coefficient (Wildman–Crippen LogP) is 2.32. The minimum atomic E-state index is -0.0190. The van der Waals surface area contributed by atoms with Crippen LogP contribution in [0.5, 0.6) is 5.75 Å². The second-order valence-corrected chi connectivity index (χ2v) is 5.10. The van der Waals surface area contributed by atoms with Gasteiger partial charge in [0.15, 0.2) is 0 Å². The van der Waals surface area contributed by atoms with Crippen LogP contribution in [0.2, 0.25) is 0 Å². The molecule has 1 aliphatic heterocycles. The van der Waals surface area contributed by atoms with Crippen molar-refractivity contribution in [3.05, 3.63) is 28.2 Å². The van der Waals surface area contributed by atoms with Crippen molar-refractivity contribution in [2.24, 2.45) is 0 Å². The summed E-state index contributed by atoms with van der Waals surface area (Å²) in [6, 6.07) is 5.49. The molecule has 1 heterocycles. The maximum Gasteiger partial charge on any atom is 0.258 e. The second-order valence-electron chi connectivity index (χ2n) is 4.25. The Labute approximate surface area is 115 Å².